The van der Waals surface area contributed by atoms with Gasteiger partial charge in [0.05, 0.1) is 6.61 Å². The first-order chi connectivity index (χ1) is 27.1. The van der Waals surface area contributed by atoms with Crippen LogP contribution in [0.15, 0.2) is 171 Å². The van der Waals surface area contributed by atoms with Crippen molar-refractivity contribution < 1.29 is 9.53 Å². The molecular formula is C53H36O2. The molecule has 3 aliphatic rings. The first-order valence-corrected chi connectivity index (χ1v) is 19.1. The van der Waals surface area contributed by atoms with Crippen LogP contribution in [0.5, 0.6) is 0 Å². The number of esters is 1. The van der Waals surface area contributed by atoms with Gasteiger partial charge in [-0.15, -0.1) is 6.58 Å². The second-order valence-corrected chi connectivity index (χ2v) is 15.0. The summed E-state index contributed by atoms with van der Waals surface area (Å²) in [6.07, 6.45) is 4.79. The summed E-state index contributed by atoms with van der Waals surface area (Å²) >= 11 is 0. The van der Waals surface area contributed by atoms with Crippen LogP contribution in [-0.4, -0.2) is 12.6 Å². The highest BCUT2D eigenvalue weighted by Crippen LogP contribution is 2.56. The quantitative estimate of drug-likeness (QED) is 0.0681. The van der Waals surface area contributed by atoms with E-state index in [1.165, 1.54) is 117 Å². The Balaban J connectivity index is 1.07. The largest absolute Gasteiger partial charge is 0.463 e. The predicted molar refractivity (Wildman–Crippen MR) is 228 cm³/mol. The van der Waals surface area contributed by atoms with E-state index in [1.807, 2.05) is 0 Å². The lowest BCUT2D eigenvalue weighted by atomic mass is 9.73. The number of benzene rings is 8. The molecule has 0 heterocycles. The molecular weight excluding hydrogens is 669 g/mol. The standard InChI is InChI=1S/C53H36O2/c1-3-50(54)55-29-11-28-53(4-2)48-30-32(34-24-26-46-38-14-7-5-12-36(38)44-18-9-16-42(34)51(44)46)20-22-40(48)41-23-21-33(31-49(41)53)35-25-27-47-39-15-8-6-13-37(39)45-19-10-17-43(35)52(45)47/h3-10,12-27,30-31H,1-2,11,28-29H2. The van der Waals surface area contributed by atoms with E-state index >= 15 is 0 Å². The summed E-state index contributed by atoms with van der Waals surface area (Å²) in [5.41, 5.74) is 19.6. The smallest absolute Gasteiger partial charge is 0.330 e. The molecule has 0 aliphatic heterocycles. The monoisotopic (exact) mass is 704 g/mol. The highest BCUT2D eigenvalue weighted by atomic mass is 16.5. The molecule has 2 heteroatoms. The Morgan fingerprint density at radius 1 is 0.491 bits per heavy atom. The van der Waals surface area contributed by atoms with Crippen LogP contribution in [0.2, 0.25) is 0 Å². The zero-order valence-corrected chi connectivity index (χ0v) is 30.4. The number of hydrogen-bond acceptors (Lipinski definition) is 2. The Kier molecular flexibility index (Phi) is 6.85. The van der Waals surface area contributed by atoms with E-state index in [1.54, 1.807) is 0 Å². The number of hydrogen-bond donors (Lipinski definition) is 0. The second kappa shape index (κ2) is 11.9. The summed E-state index contributed by atoms with van der Waals surface area (Å²) < 4.78 is 5.52. The molecule has 0 saturated carbocycles. The number of allylic oxidation sites excluding steroid dienone is 1. The lowest BCUT2D eigenvalue weighted by Crippen LogP contribution is -2.23. The van der Waals surface area contributed by atoms with Gasteiger partial charge in [-0.3, -0.25) is 0 Å². The molecule has 0 atom stereocenters. The topological polar surface area (TPSA) is 26.3 Å². The SMILES string of the molecule is C=CC(=O)OCCCC1(C=C)c2cc(-c3ccc4c5c(cccc35)-c3ccccc3-4)ccc2-c2ccc(-c3ccc4c5c(cccc35)-c3ccccc3-4)cc21. The van der Waals surface area contributed by atoms with Crippen molar-refractivity contribution >= 4 is 27.5 Å². The zero-order chi connectivity index (χ0) is 36.8. The van der Waals surface area contributed by atoms with Gasteiger partial charge in [-0.25, -0.2) is 4.79 Å². The van der Waals surface area contributed by atoms with Crippen LogP contribution in [0.4, 0.5) is 0 Å². The second-order valence-electron chi connectivity index (χ2n) is 15.0. The molecule has 0 fully saturated rings. The van der Waals surface area contributed by atoms with Gasteiger partial charge >= 0.3 is 5.97 Å². The molecule has 0 radical (unpaired) electrons. The minimum absolute atomic E-state index is 0.315. The molecule has 55 heavy (non-hydrogen) atoms. The van der Waals surface area contributed by atoms with E-state index in [0.29, 0.717) is 13.0 Å². The van der Waals surface area contributed by atoms with Crippen molar-refractivity contribution in [1.82, 2.24) is 0 Å². The van der Waals surface area contributed by atoms with Crippen LogP contribution in [0.25, 0.3) is 99.4 Å². The molecule has 0 spiro atoms. The summed E-state index contributed by atoms with van der Waals surface area (Å²) in [4.78, 5) is 12.1. The summed E-state index contributed by atoms with van der Waals surface area (Å²) in [6.45, 7) is 8.44. The fourth-order valence-electron chi connectivity index (χ4n) is 10.1. The van der Waals surface area contributed by atoms with E-state index in [4.69, 9.17) is 4.74 Å². The Morgan fingerprint density at radius 2 is 0.909 bits per heavy atom. The molecule has 260 valence electrons. The summed E-state index contributed by atoms with van der Waals surface area (Å²) in [7, 11) is 0. The zero-order valence-electron chi connectivity index (χ0n) is 30.4. The fourth-order valence-corrected chi connectivity index (χ4v) is 10.1. The van der Waals surface area contributed by atoms with Crippen molar-refractivity contribution in [2.24, 2.45) is 0 Å². The summed E-state index contributed by atoms with van der Waals surface area (Å²) in [5.74, 6) is -0.396. The van der Waals surface area contributed by atoms with Crippen molar-refractivity contribution in [1.29, 1.82) is 0 Å². The average Bonchev–Trinajstić information content (AvgIpc) is 3.85. The average molecular weight is 705 g/mol. The van der Waals surface area contributed by atoms with E-state index < -0.39 is 11.4 Å². The number of carbonyl (C=O) groups is 1. The lowest BCUT2D eigenvalue weighted by Gasteiger charge is -2.29. The van der Waals surface area contributed by atoms with E-state index in [0.717, 1.165) is 6.42 Å². The molecule has 3 aliphatic carbocycles. The van der Waals surface area contributed by atoms with Crippen molar-refractivity contribution in [2.45, 2.75) is 18.3 Å². The van der Waals surface area contributed by atoms with E-state index in [2.05, 4.69) is 165 Å². The molecule has 11 rings (SSSR count). The summed E-state index contributed by atoms with van der Waals surface area (Å²) in [6, 6.07) is 54.0. The van der Waals surface area contributed by atoms with Gasteiger partial charge in [0.1, 0.15) is 0 Å². The van der Waals surface area contributed by atoms with Crippen LogP contribution in [-0.2, 0) is 14.9 Å². The molecule has 0 unspecified atom stereocenters. The molecule has 0 N–H and O–H groups in total. The maximum Gasteiger partial charge on any atom is 0.330 e. The van der Waals surface area contributed by atoms with Crippen molar-refractivity contribution in [3.05, 3.63) is 182 Å². The Labute approximate surface area is 320 Å². The Bertz CT molecular complexity index is 2750. The number of fused-ring (bicyclic) bond motifs is 9. The number of rotatable bonds is 8. The normalized spacial score (nSPS) is 13.3. The maximum atomic E-state index is 12.1. The van der Waals surface area contributed by atoms with Gasteiger partial charge in [0, 0.05) is 11.5 Å². The first-order valence-electron chi connectivity index (χ1n) is 19.1. The fraction of sp³-hybridized carbons (Fsp3) is 0.0755. The van der Waals surface area contributed by atoms with Gasteiger partial charge in [0.15, 0.2) is 0 Å². The molecule has 8 aromatic rings. The highest BCUT2D eigenvalue weighted by molar-refractivity contribution is 6.20. The van der Waals surface area contributed by atoms with Crippen molar-refractivity contribution in [3.63, 3.8) is 0 Å². The van der Waals surface area contributed by atoms with Gasteiger partial charge in [0.2, 0.25) is 0 Å². The van der Waals surface area contributed by atoms with Gasteiger partial charge in [-0.1, -0.05) is 146 Å². The van der Waals surface area contributed by atoms with Gasteiger partial charge in [-0.05, 0) is 136 Å². The minimum Gasteiger partial charge on any atom is -0.463 e. The highest BCUT2D eigenvalue weighted by Gasteiger charge is 2.41. The van der Waals surface area contributed by atoms with Gasteiger partial charge < -0.3 is 4.74 Å². The molecule has 0 aromatic heterocycles. The van der Waals surface area contributed by atoms with Crippen LogP contribution in [0.1, 0.15) is 24.0 Å². The molecule has 0 saturated heterocycles. The van der Waals surface area contributed by atoms with Gasteiger partial charge in [0.25, 0.3) is 0 Å². The van der Waals surface area contributed by atoms with Crippen LogP contribution in [0, 0.1) is 0 Å². The molecule has 0 bridgehead atoms. The molecule has 0 amide bonds. The first kappa shape index (κ1) is 31.7. The lowest BCUT2D eigenvalue weighted by molar-refractivity contribution is -0.137. The predicted octanol–water partition coefficient (Wildman–Crippen LogP) is 13.6. The Hall–Kier alpha value is -6.77. The van der Waals surface area contributed by atoms with E-state index in [-0.39, 0.29) is 0 Å². The molecule has 8 aromatic carbocycles. The maximum absolute atomic E-state index is 12.1. The van der Waals surface area contributed by atoms with E-state index in [9.17, 15) is 4.79 Å². The third kappa shape index (κ3) is 4.40. The van der Waals surface area contributed by atoms with Crippen molar-refractivity contribution in [2.75, 3.05) is 6.61 Å². The third-order valence-corrected chi connectivity index (χ3v) is 12.5. The van der Waals surface area contributed by atoms with Crippen LogP contribution < -0.4 is 0 Å². The molecule has 2 nitrogen and oxygen atoms in total. The van der Waals surface area contributed by atoms with Crippen molar-refractivity contribution in [3.8, 4) is 77.9 Å². The minimum atomic E-state index is -0.493. The van der Waals surface area contributed by atoms with Gasteiger partial charge in [-0.2, -0.15) is 0 Å². The number of carbonyl (C=O) groups excluding carboxylic acids is 1. The third-order valence-electron chi connectivity index (χ3n) is 12.5. The van der Waals surface area contributed by atoms with Crippen LogP contribution >= 0.6 is 0 Å². The van der Waals surface area contributed by atoms with Crippen LogP contribution in [0.3, 0.4) is 0 Å². The Morgan fingerprint density at radius 3 is 1.36 bits per heavy atom. The number of ether oxygens (including phenoxy) is 1. The summed E-state index contributed by atoms with van der Waals surface area (Å²) in [5, 5.41) is 5.17.